The molecule has 23 heavy (non-hydrogen) atoms. The maximum Gasteiger partial charge on any atom is 0.291 e. The number of likely N-dealkylation sites (N-methyl/N-ethyl adjacent to an activating group) is 1. The second-order valence-electron chi connectivity index (χ2n) is 6.16. The summed E-state index contributed by atoms with van der Waals surface area (Å²) in [6, 6.07) is 9.53. The molecule has 0 bridgehead atoms. The van der Waals surface area contributed by atoms with Gasteiger partial charge in [-0.1, -0.05) is 0 Å². The van der Waals surface area contributed by atoms with Crippen LogP contribution in [0.25, 0.3) is 0 Å². The molecule has 1 fully saturated rings. The number of amides is 1. The van der Waals surface area contributed by atoms with Gasteiger partial charge in [-0.05, 0) is 56.8 Å². The van der Waals surface area contributed by atoms with Crippen molar-refractivity contribution in [1.82, 2.24) is 4.90 Å². The van der Waals surface area contributed by atoms with Crippen molar-refractivity contribution in [2.75, 3.05) is 43.4 Å². The van der Waals surface area contributed by atoms with Crippen LogP contribution < -0.4 is 10.2 Å². The van der Waals surface area contributed by atoms with E-state index < -0.39 is 0 Å². The lowest BCUT2D eigenvalue weighted by atomic mass is 10.1. The molecule has 5 nitrogen and oxygen atoms in total. The highest BCUT2D eigenvalue weighted by atomic mass is 16.3. The fraction of sp³-hybridized carbons (Fsp3) is 0.389. The summed E-state index contributed by atoms with van der Waals surface area (Å²) in [5, 5.41) is 2.89. The maximum atomic E-state index is 12.1. The normalized spacial score (nSPS) is 15.7. The summed E-state index contributed by atoms with van der Waals surface area (Å²) in [5.41, 5.74) is 3.20. The van der Waals surface area contributed by atoms with E-state index >= 15 is 0 Å². The van der Waals surface area contributed by atoms with E-state index in [1.165, 1.54) is 11.3 Å². The maximum absolute atomic E-state index is 12.1. The summed E-state index contributed by atoms with van der Waals surface area (Å²) in [7, 11) is 2.15. The minimum atomic E-state index is -0.218. The van der Waals surface area contributed by atoms with Gasteiger partial charge >= 0.3 is 0 Å². The van der Waals surface area contributed by atoms with Crippen molar-refractivity contribution in [2.24, 2.45) is 0 Å². The third-order valence-corrected chi connectivity index (χ3v) is 4.26. The molecule has 1 aliphatic heterocycles. The Morgan fingerprint density at radius 1 is 1.09 bits per heavy atom. The van der Waals surface area contributed by atoms with Crippen LogP contribution in [-0.4, -0.2) is 44.0 Å². The van der Waals surface area contributed by atoms with Crippen molar-refractivity contribution in [3.63, 3.8) is 0 Å². The Kier molecular flexibility index (Phi) is 4.39. The number of anilines is 2. The van der Waals surface area contributed by atoms with Gasteiger partial charge < -0.3 is 19.5 Å². The van der Waals surface area contributed by atoms with Gasteiger partial charge in [-0.3, -0.25) is 4.79 Å². The van der Waals surface area contributed by atoms with Crippen LogP contribution in [-0.2, 0) is 0 Å². The third-order valence-electron chi connectivity index (χ3n) is 4.26. The van der Waals surface area contributed by atoms with E-state index in [1.807, 2.05) is 19.1 Å². The predicted molar refractivity (Wildman–Crippen MR) is 92.3 cm³/mol. The molecular weight excluding hydrogens is 290 g/mol. The quantitative estimate of drug-likeness (QED) is 0.946. The van der Waals surface area contributed by atoms with Gasteiger partial charge in [0.25, 0.3) is 5.91 Å². The predicted octanol–water partition coefficient (Wildman–Crippen LogP) is 2.90. The lowest BCUT2D eigenvalue weighted by molar-refractivity contribution is 0.0995. The molecule has 5 heteroatoms. The zero-order valence-electron chi connectivity index (χ0n) is 13.9. The molecule has 1 aromatic carbocycles. The Morgan fingerprint density at radius 3 is 2.43 bits per heavy atom. The molecule has 1 saturated heterocycles. The molecule has 1 N–H and O–H groups in total. The molecule has 1 aromatic heterocycles. The number of nitrogens with zero attached hydrogens (tertiary/aromatic N) is 2. The van der Waals surface area contributed by atoms with E-state index in [0.717, 1.165) is 37.6 Å². The van der Waals surface area contributed by atoms with Crippen molar-refractivity contribution in [3.05, 3.63) is 47.4 Å². The number of benzene rings is 1. The Hall–Kier alpha value is -2.27. The van der Waals surface area contributed by atoms with E-state index in [2.05, 4.69) is 35.2 Å². The molecule has 2 aromatic rings. The van der Waals surface area contributed by atoms with Crippen molar-refractivity contribution < 1.29 is 9.21 Å². The number of aryl methyl sites for hydroxylation is 2. The lowest BCUT2D eigenvalue weighted by Crippen LogP contribution is -2.44. The molecule has 0 spiro atoms. The van der Waals surface area contributed by atoms with Gasteiger partial charge in [-0.15, -0.1) is 0 Å². The van der Waals surface area contributed by atoms with Crippen LogP contribution in [0, 0.1) is 13.8 Å². The number of carbonyl (C=O) groups excluding carboxylic acids is 1. The largest absolute Gasteiger partial charge is 0.456 e. The first-order chi connectivity index (χ1) is 11.0. The van der Waals surface area contributed by atoms with Crippen LogP contribution in [0.15, 0.2) is 34.7 Å². The second-order valence-corrected chi connectivity index (χ2v) is 6.16. The molecule has 0 aliphatic carbocycles. The van der Waals surface area contributed by atoms with Gasteiger partial charge in [0.05, 0.1) is 0 Å². The molecule has 3 rings (SSSR count). The van der Waals surface area contributed by atoms with Crippen molar-refractivity contribution in [3.8, 4) is 0 Å². The molecule has 0 saturated carbocycles. The molecule has 2 heterocycles. The number of hydrogen-bond acceptors (Lipinski definition) is 4. The smallest absolute Gasteiger partial charge is 0.291 e. The first-order valence-corrected chi connectivity index (χ1v) is 7.95. The molecule has 0 atom stereocenters. The summed E-state index contributed by atoms with van der Waals surface area (Å²) >= 11 is 0. The van der Waals surface area contributed by atoms with Crippen molar-refractivity contribution >= 4 is 17.3 Å². The third kappa shape index (κ3) is 3.56. The monoisotopic (exact) mass is 313 g/mol. The molecule has 0 radical (unpaired) electrons. The topological polar surface area (TPSA) is 48.7 Å². The summed E-state index contributed by atoms with van der Waals surface area (Å²) in [6.07, 6.45) is 0. The van der Waals surface area contributed by atoms with E-state index in [-0.39, 0.29) is 5.91 Å². The van der Waals surface area contributed by atoms with E-state index in [4.69, 9.17) is 4.42 Å². The van der Waals surface area contributed by atoms with Crippen LogP contribution in [0.3, 0.4) is 0 Å². The molecule has 1 aliphatic rings. The highest BCUT2D eigenvalue weighted by Crippen LogP contribution is 2.25. The minimum Gasteiger partial charge on any atom is -0.456 e. The van der Waals surface area contributed by atoms with Gasteiger partial charge in [0.1, 0.15) is 5.76 Å². The summed E-state index contributed by atoms with van der Waals surface area (Å²) in [4.78, 5) is 16.9. The number of furan rings is 1. The van der Waals surface area contributed by atoms with Gasteiger partial charge in [0.2, 0.25) is 0 Å². The number of rotatable bonds is 3. The van der Waals surface area contributed by atoms with Crippen LogP contribution in [0.4, 0.5) is 11.4 Å². The van der Waals surface area contributed by atoms with Gasteiger partial charge in [0, 0.05) is 37.6 Å². The van der Waals surface area contributed by atoms with E-state index in [0.29, 0.717) is 5.76 Å². The zero-order valence-corrected chi connectivity index (χ0v) is 13.9. The van der Waals surface area contributed by atoms with Gasteiger partial charge in [-0.25, -0.2) is 0 Å². The number of hydrogen-bond donors (Lipinski definition) is 1. The van der Waals surface area contributed by atoms with Crippen LogP contribution in [0.5, 0.6) is 0 Å². The van der Waals surface area contributed by atoms with E-state index in [9.17, 15) is 4.79 Å². The average molecular weight is 313 g/mol. The number of carbonyl (C=O) groups is 1. The van der Waals surface area contributed by atoms with Gasteiger partial charge in [0.15, 0.2) is 5.76 Å². The SMILES string of the molecule is Cc1ccc(C(=O)Nc2ccc(N3CCN(C)CC3)c(C)c2)o1. The van der Waals surface area contributed by atoms with Crippen molar-refractivity contribution in [1.29, 1.82) is 0 Å². The van der Waals surface area contributed by atoms with Crippen molar-refractivity contribution in [2.45, 2.75) is 13.8 Å². The fourth-order valence-corrected chi connectivity index (χ4v) is 2.88. The number of piperazine rings is 1. The van der Waals surface area contributed by atoms with Gasteiger partial charge in [-0.2, -0.15) is 0 Å². The van der Waals surface area contributed by atoms with Crippen LogP contribution in [0.1, 0.15) is 21.9 Å². The Labute approximate surface area is 136 Å². The van der Waals surface area contributed by atoms with Crippen LogP contribution >= 0.6 is 0 Å². The Balaban J connectivity index is 1.70. The average Bonchev–Trinajstić information content (AvgIpc) is 2.95. The molecule has 0 unspecified atom stereocenters. The summed E-state index contributed by atoms with van der Waals surface area (Å²) < 4.78 is 5.35. The minimum absolute atomic E-state index is 0.218. The lowest BCUT2D eigenvalue weighted by Gasteiger charge is -2.35. The fourth-order valence-electron chi connectivity index (χ4n) is 2.88. The highest BCUT2D eigenvalue weighted by Gasteiger charge is 2.16. The summed E-state index contributed by atoms with van der Waals surface area (Å²) in [6.45, 7) is 8.14. The number of nitrogens with one attached hydrogen (secondary N) is 1. The summed E-state index contributed by atoms with van der Waals surface area (Å²) in [5.74, 6) is 0.852. The molecule has 1 amide bonds. The van der Waals surface area contributed by atoms with E-state index in [1.54, 1.807) is 12.1 Å². The zero-order chi connectivity index (χ0) is 16.4. The first-order valence-electron chi connectivity index (χ1n) is 7.95. The Morgan fingerprint density at radius 2 is 1.83 bits per heavy atom. The molecule has 122 valence electrons. The molecular formula is C18H23N3O2. The Bertz CT molecular complexity index is 700. The standard InChI is InChI=1S/C18H23N3O2/c1-13-12-15(19-18(22)17-7-4-14(2)23-17)5-6-16(13)21-10-8-20(3)9-11-21/h4-7,12H,8-11H2,1-3H3,(H,19,22). The second kappa shape index (κ2) is 6.46. The van der Waals surface area contributed by atoms with Crippen LogP contribution in [0.2, 0.25) is 0 Å². The first kappa shape index (κ1) is 15.6. The highest BCUT2D eigenvalue weighted by molar-refractivity contribution is 6.02.